The van der Waals surface area contributed by atoms with Crippen molar-refractivity contribution in [1.82, 2.24) is 5.32 Å². The molecule has 0 saturated heterocycles. The van der Waals surface area contributed by atoms with Crippen LogP contribution in [0.3, 0.4) is 0 Å². The highest BCUT2D eigenvalue weighted by Crippen LogP contribution is 2.43. The molecule has 4 aromatic rings. The first-order valence-corrected chi connectivity index (χ1v) is 17.0. The molecule has 1 atom stereocenters. The molecule has 47 heavy (non-hydrogen) atoms. The summed E-state index contributed by atoms with van der Waals surface area (Å²) < 4.78 is 0. The second-order valence-corrected chi connectivity index (χ2v) is 12.6. The van der Waals surface area contributed by atoms with Crippen LogP contribution in [0.2, 0.25) is 0 Å². The van der Waals surface area contributed by atoms with Crippen LogP contribution in [-0.4, -0.2) is 5.71 Å². The van der Waals surface area contributed by atoms with E-state index in [1.165, 1.54) is 44.5 Å². The van der Waals surface area contributed by atoms with Gasteiger partial charge in [0.2, 0.25) is 0 Å². The van der Waals surface area contributed by atoms with Gasteiger partial charge in [-0.1, -0.05) is 140 Å². The van der Waals surface area contributed by atoms with Crippen molar-refractivity contribution in [3.63, 3.8) is 0 Å². The Labute approximate surface area is 279 Å². The topological polar surface area (TPSA) is 35.9 Å². The molecule has 0 bridgehead atoms. The van der Waals surface area contributed by atoms with Gasteiger partial charge in [-0.2, -0.15) is 0 Å². The molecule has 1 unspecified atom stereocenters. The summed E-state index contributed by atoms with van der Waals surface area (Å²) >= 11 is 0. The maximum atomic E-state index is 8.96. The minimum absolute atomic E-state index is 0.241. The van der Waals surface area contributed by atoms with Crippen LogP contribution in [0.1, 0.15) is 61.1 Å². The Morgan fingerprint density at radius 1 is 0.660 bits per heavy atom. The summed E-state index contributed by atoms with van der Waals surface area (Å²) in [5, 5.41) is 12.7. The zero-order valence-corrected chi connectivity index (χ0v) is 27.0. The van der Waals surface area contributed by atoms with Gasteiger partial charge in [-0.3, -0.25) is 5.41 Å². The maximum Gasteiger partial charge on any atom is 0.0661 e. The minimum Gasteiger partial charge on any atom is -0.381 e. The Morgan fingerprint density at radius 2 is 1.43 bits per heavy atom. The van der Waals surface area contributed by atoms with Crippen molar-refractivity contribution in [3.05, 3.63) is 185 Å². The zero-order chi connectivity index (χ0) is 31.8. The van der Waals surface area contributed by atoms with Gasteiger partial charge in [-0.25, -0.2) is 0 Å². The Morgan fingerprint density at radius 3 is 2.28 bits per heavy atom. The van der Waals surface area contributed by atoms with Gasteiger partial charge in [0.1, 0.15) is 0 Å². The first-order chi connectivity index (χ1) is 23.3. The highest BCUT2D eigenvalue weighted by atomic mass is 14.9. The zero-order valence-electron chi connectivity index (χ0n) is 27.0. The predicted octanol–water partition coefficient (Wildman–Crippen LogP) is 11.5. The average Bonchev–Trinajstić information content (AvgIpc) is 3.41. The fourth-order valence-electron chi connectivity index (χ4n) is 7.16. The molecule has 0 heterocycles. The number of hydrogen-bond donors (Lipinski definition) is 2. The van der Waals surface area contributed by atoms with E-state index in [1.54, 1.807) is 0 Å². The van der Waals surface area contributed by atoms with Crippen LogP contribution in [0.15, 0.2) is 169 Å². The molecule has 3 aliphatic rings. The number of allylic oxidation sites excluding steroid dienone is 11. The number of nitrogens with one attached hydrogen (secondary N) is 2. The highest BCUT2D eigenvalue weighted by molar-refractivity contribution is 6.13. The first kappa shape index (κ1) is 30.4. The lowest BCUT2D eigenvalue weighted by Crippen LogP contribution is -2.19. The molecule has 0 aromatic heterocycles. The fourth-order valence-corrected chi connectivity index (χ4v) is 7.16. The standard InChI is InChI=1S/C45H42N2/c46-45(35-20-6-2-7-21-35)43-29-14-15-30-44(43)47-32-33-17-16-22-36(31-33)38-23-8-3-9-25-40(38)42-28-13-12-27-41(42)39-26-11-10-24-37(39)34-18-4-1-5-19-34/h1,3-6,9-13,15-24,26-28,30-31,40,46-47H,2,7-8,14,25,29,32H2. The summed E-state index contributed by atoms with van der Waals surface area (Å²) in [6.07, 6.45) is 23.9. The molecule has 2 N–H and O–H groups in total. The fraction of sp³-hybridized carbons (Fsp3) is 0.178. The van der Waals surface area contributed by atoms with Crippen molar-refractivity contribution in [2.24, 2.45) is 0 Å². The average molecular weight is 611 g/mol. The van der Waals surface area contributed by atoms with Gasteiger partial charge < -0.3 is 5.32 Å². The molecule has 232 valence electrons. The third-order valence-electron chi connectivity index (χ3n) is 9.53. The quantitative estimate of drug-likeness (QED) is 0.144. The molecule has 0 amide bonds. The summed E-state index contributed by atoms with van der Waals surface area (Å²) in [6.45, 7) is 0.719. The third kappa shape index (κ3) is 6.83. The summed E-state index contributed by atoms with van der Waals surface area (Å²) in [6, 6.07) is 37.6. The van der Waals surface area contributed by atoms with Crippen molar-refractivity contribution in [2.45, 2.75) is 51.0 Å². The van der Waals surface area contributed by atoms with Gasteiger partial charge in [0.15, 0.2) is 0 Å². The van der Waals surface area contributed by atoms with Crippen LogP contribution >= 0.6 is 0 Å². The van der Waals surface area contributed by atoms with Gasteiger partial charge in [0, 0.05) is 23.7 Å². The van der Waals surface area contributed by atoms with Crippen LogP contribution in [0.5, 0.6) is 0 Å². The maximum absolute atomic E-state index is 8.96. The van der Waals surface area contributed by atoms with Crippen molar-refractivity contribution in [1.29, 1.82) is 5.41 Å². The third-order valence-corrected chi connectivity index (χ3v) is 9.53. The lowest BCUT2D eigenvalue weighted by molar-refractivity contribution is 0.801. The Balaban J connectivity index is 1.19. The van der Waals surface area contributed by atoms with E-state index in [0.29, 0.717) is 5.71 Å². The SMILES string of the molecule is N=C(C1=CCCC=C1)C1=C(NCc2cccc(C3=CCC=CCC3c3ccccc3-c3ccccc3-c3ccccc3)c2)C=CCC1. The lowest BCUT2D eigenvalue weighted by atomic mass is 9.80. The van der Waals surface area contributed by atoms with Crippen LogP contribution in [0.25, 0.3) is 27.8 Å². The van der Waals surface area contributed by atoms with E-state index in [0.717, 1.165) is 61.9 Å². The predicted molar refractivity (Wildman–Crippen MR) is 199 cm³/mol. The van der Waals surface area contributed by atoms with Crippen LogP contribution < -0.4 is 5.32 Å². The lowest BCUT2D eigenvalue weighted by Gasteiger charge is -2.24. The normalized spacial score (nSPS) is 17.6. The molecule has 2 heteroatoms. The molecule has 0 aliphatic heterocycles. The van der Waals surface area contributed by atoms with E-state index in [2.05, 4.69) is 157 Å². The monoisotopic (exact) mass is 610 g/mol. The van der Waals surface area contributed by atoms with E-state index < -0.39 is 0 Å². The molecule has 0 radical (unpaired) electrons. The molecule has 2 nitrogen and oxygen atoms in total. The molecule has 0 spiro atoms. The van der Waals surface area contributed by atoms with E-state index in [-0.39, 0.29) is 5.92 Å². The summed E-state index contributed by atoms with van der Waals surface area (Å²) in [5.41, 5.74) is 14.3. The van der Waals surface area contributed by atoms with Gasteiger partial charge in [0.05, 0.1) is 5.71 Å². The number of hydrogen-bond acceptors (Lipinski definition) is 2. The van der Waals surface area contributed by atoms with E-state index in [9.17, 15) is 0 Å². The Hall–Kier alpha value is -5.21. The molecule has 7 rings (SSSR count). The van der Waals surface area contributed by atoms with E-state index in [1.807, 2.05) is 0 Å². The summed E-state index contributed by atoms with van der Waals surface area (Å²) in [4.78, 5) is 0. The Kier molecular flexibility index (Phi) is 9.38. The van der Waals surface area contributed by atoms with Crippen LogP contribution in [-0.2, 0) is 6.54 Å². The molecular weight excluding hydrogens is 569 g/mol. The largest absolute Gasteiger partial charge is 0.381 e. The van der Waals surface area contributed by atoms with Crippen LogP contribution in [0.4, 0.5) is 0 Å². The molecule has 3 aliphatic carbocycles. The number of rotatable bonds is 9. The highest BCUT2D eigenvalue weighted by Gasteiger charge is 2.23. The van der Waals surface area contributed by atoms with E-state index in [4.69, 9.17) is 5.41 Å². The van der Waals surface area contributed by atoms with E-state index >= 15 is 0 Å². The van der Waals surface area contributed by atoms with Gasteiger partial charge in [-0.15, -0.1) is 0 Å². The van der Waals surface area contributed by atoms with Crippen molar-refractivity contribution in [2.75, 3.05) is 0 Å². The second kappa shape index (κ2) is 14.5. The smallest absolute Gasteiger partial charge is 0.0661 e. The molecule has 0 saturated carbocycles. The van der Waals surface area contributed by atoms with Crippen molar-refractivity contribution >= 4 is 11.3 Å². The minimum atomic E-state index is 0.241. The van der Waals surface area contributed by atoms with Gasteiger partial charge in [0.25, 0.3) is 0 Å². The molecule has 0 fully saturated rings. The molecule has 4 aromatic carbocycles. The number of benzene rings is 4. The first-order valence-electron chi connectivity index (χ1n) is 17.0. The summed E-state index contributed by atoms with van der Waals surface area (Å²) in [5.74, 6) is 0.241. The van der Waals surface area contributed by atoms with Gasteiger partial charge >= 0.3 is 0 Å². The van der Waals surface area contributed by atoms with Crippen molar-refractivity contribution < 1.29 is 0 Å². The molecular formula is C45H42N2. The second-order valence-electron chi connectivity index (χ2n) is 12.6. The van der Waals surface area contributed by atoms with Gasteiger partial charge in [-0.05, 0) is 101 Å². The van der Waals surface area contributed by atoms with Crippen LogP contribution in [0, 0.1) is 5.41 Å². The van der Waals surface area contributed by atoms with Crippen molar-refractivity contribution in [3.8, 4) is 22.3 Å². The Bertz CT molecular complexity index is 1950. The summed E-state index contributed by atoms with van der Waals surface area (Å²) in [7, 11) is 0.